The minimum Gasteiger partial charge on any atom is -0.110 e. The molecule has 9 aromatic carbocycles. The minimum absolute atomic E-state index is 1.15. The topological polar surface area (TPSA) is 0 Å². The maximum absolute atomic E-state index is 4.29. The summed E-state index contributed by atoms with van der Waals surface area (Å²) in [6.45, 7) is 2.52. The number of benzene rings is 9. The van der Waals surface area contributed by atoms with Crippen molar-refractivity contribution in [1.82, 2.24) is 0 Å². The molecule has 0 bridgehead atoms. The molecular weight excluding hydrogens is 841 g/mol. The third-order valence-corrected chi connectivity index (χ3v) is 25.7. The Balaban J connectivity index is 1.36. The highest BCUT2D eigenvalue weighted by atomic mass is 28.3. The molecular formula is C63H48Si3. The molecule has 0 aromatic heterocycles. The highest BCUT2D eigenvalue weighted by molar-refractivity contribution is 7.18. The van der Waals surface area contributed by atoms with E-state index in [-0.39, 0.29) is 0 Å². The predicted molar refractivity (Wildman–Crippen MR) is 288 cm³/mol. The summed E-state index contributed by atoms with van der Waals surface area (Å²) < 4.78 is 0. The van der Waals surface area contributed by atoms with Gasteiger partial charge in [0.1, 0.15) is 0 Å². The second-order valence-corrected chi connectivity index (χ2v) is 27.7. The van der Waals surface area contributed by atoms with Crippen molar-refractivity contribution < 1.29 is 0 Å². The van der Waals surface area contributed by atoms with E-state index >= 15 is 0 Å². The normalized spacial score (nSPS) is 13.3. The zero-order valence-corrected chi connectivity index (χ0v) is 40.0. The molecule has 66 heavy (non-hydrogen) atoms. The van der Waals surface area contributed by atoms with Gasteiger partial charge in [-0.1, -0.05) is 291 Å². The Morgan fingerprint density at radius 3 is 0.727 bits per heavy atom. The summed E-state index contributed by atoms with van der Waals surface area (Å²) in [4.78, 5) is 0. The first kappa shape index (κ1) is 42.2. The van der Waals surface area contributed by atoms with Gasteiger partial charge >= 0.3 is 0 Å². The van der Waals surface area contributed by atoms with E-state index < -0.39 is 24.2 Å². The summed E-state index contributed by atoms with van der Waals surface area (Å²) in [6.07, 6.45) is 0. The van der Waals surface area contributed by atoms with Crippen molar-refractivity contribution >= 4 is 71.7 Å². The first-order chi connectivity index (χ1) is 32.6. The minimum atomic E-state index is -3.06. The highest BCUT2D eigenvalue weighted by Gasteiger charge is 2.48. The molecule has 1 aliphatic heterocycles. The number of allylic oxidation sites excluding steroid dienone is 4. The van der Waals surface area contributed by atoms with Gasteiger partial charge in [0.25, 0.3) is 0 Å². The van der Waals surface area contributed by atoms with Crippen LogP contribution in [-0.2, 0) is 0 Å². The summed E-state index contributed by atoms with van der Waals surface area (Å²) in [5, 5.41) is 11.2. The molecule has 0 aliphatic carbocycles. The van der Waals surface area contributed by atoms with Crippen molar-refractivity contribution in [1.29, 1.82) is 0 Å². The molecule has 0 N–H and O–H groups in total. The third-order valence-electron chi connectivity index (χ3n) is 13.2. The van der Waals surface area contributed by atoms with Gasteiger partial charge in [0.2, 0.25) is 16.1 Å². The molecule has 0 unspecified atom stereocenters. The standard InChI is InChI=1S/C63H48Si3/c1-64(53-33-15-4-16-34-53)60(47-49-65(54-35-17-5-18-36-54,55-37-19-6-20-38-55)56-39-21-7-22-40-56)62(51-29-11-2-12-30-51)63(52-31-13-3-14-32-52)61(64)48-50-66(57-41-23-8-24-42-57,58-43-25-9-26-44-58)59-45-27-10-28-46-59/h2-46H,1H3. The van der Waals surface area contributed by atoms with Crippen molar-refractivity contribution in [3.05, 3.63) is 295 Å². The fourth-order valence-corrected chi connectivity index (χ4v) is 21.7. The van der Waals surface area contributed by atoms with Crippen molar-refractivity contribution in [2.45, 2.75) is 6.55 Å². The van der Waals surface area contributed by atoms with Crippen molar-refractivity contribution in [3.63, 3.8) is 0 Å². The van der Waals surface area contributed by atoms with Gasteiger partial charge in [0.15, 0.2) is 8.07 Å². The summed E-state index contributed by atoms with van der Waals surface area (Å²) in [5.41, 5.74) is 13.2. The largest absolute Gasteiger partial charge is 0.230 e. The van der Waals surface area contributed by atoms with Crippen LogP contribution in [0.25, 0.3) is 11.1 Å². The maximum Gasteiger partial charge on any atom is 0.230 e. The second kappa shape index (κ2) is 18.8. The molecule has 0 spiro atoms. The van der Waals surface area contributed by atoms with E-state index in [0.717, 1.165) is 11.1 Å². The summed E-state index contributed by atoms with van der Waals surface area (Å²) in [5.74, 6) is 8.47. The van der Waals surface area contributed by atoms with Gasteiger partial charge in [-0.2, -0.15) is 0 Å². The van der Waals surface area contributed by atoms with E-state index in [1.807, 2.05) is 0 Å². The Hall–Kier alpha value is -7.77. The fourth-order valence-electron chi connectivity index (χ4n) is 9.97. The molecule has 0 saturated heterocycles. The van der Waals surface area contributed by atoms with Crippen molar-refractivity contribution in [2.75, 3.05) is 0 Å². The summed E-state index contributed by atoms with van der Waals surface area (Å²) in [7, 11) is -9.08. The molecule has 0 amide bonds. The molecule has 1 aliphatic rings. The molecule has 0 radical (unpaired) electrons. The van der Waals surface area contributed by atoms with Crippen LogP contribution in [0.15, 0.2) is 283 Å². The monoisotopic (exact) mass is 888 g/mol. The van der Waals surface area contributed by atoms with Gasteiger partial charge in [0.05, 0.1) is 0 Å². The van der Waals surface area contributed by atoms with Crippen molar-refractivity contribution in [2.24, 2.45) is 0 Å². The second-order valence-electron chi connectivity index (χ2n) is 16.9. The first-order valence-corrected chi connectivity index (χ1v) is 29.2. The number of rotatable bonds is 9. The molecule has 10 rings (SSSR count). The van der Waals surface area contributed by atoms with E-state index in [1.54, 1.807) is 0 Å². The number of hydrogen-bond acceptors (Lipinski definition) is 0. The van der Waals surface area contributed by atoms with Crippen LogP contribution < -0.4 is 36.3 Å². The molecule has 312 valence electrons. The van der Waals surface area contributed by atoms with Gasteiger partial charge in [-0.05, 0) is 58.6 Å². The van der Waals surface area contributed by atoms with E-state index in [9.17, 15) is 0 Å². The van der Waals surface area contributed by atoms with Crippen LogP contribution in [0.3, 0.4) is 0 Å². The van der Waals surface area contributed by atoms with Gasteiger partial charge in [-0.15, -0.1) is 11.1 Å². The van der Waals surface area contributed by atoms with Crippen LogP contribution in [0, 0.1) is 22.9 Å². The summed E-state index contributed by atoms with van der Waals surface area (Å²) >= 11 is 0. The Kier molecular flexibility index (Phi) is 12.0. The molecule has 0 nitrogen and oxygen atoms in total. The Morgan fingerprint density at radius 2 is 0.485 bits per heavy atom. The van der Waals surface area contributed by atoms with Gasteiger partial charge in [0, 0.05) is 10.4 Å². The molecule has 0 saturated carbocycles. The quantitative estimate of drug-likeness (QED) is 0.0771. The zero-order chi connectivity index (χ0) is 44.7. The van der Waals surface area contributed by atoms with Crippen LogP contribution in [0.1, 0.15) is 11.1 Å². The van der Waals surface area contributed by atoms with E-state index in [1.165, 1.54) is 57.8 Å². The lowest BCUT2D eigenvalue weighted by atomic mass is 9.92. The predicted octanol–water partition coefficient (Wildman–Crippen LogP) is 9.40. The number of hydrogen-bond donors (Lipinski definition) is 0. The lowest BCUT2D eigenvalue weighted by Gasteiger charge is -2.30. The van der Waals surface area contributed by atoms with Crippen LogP contribution in [0.2, 0.25) is 6.55 Å². The highest BCUT2D eigenvalue weighted by Crippen LogP contribution is 2.48. The van der Waals surface area contributed by atoms with Crippen LogP contribution in [0.5, 0.6) is 0 Å². The van der Waals surface area contributed by atoms with Crippen LogP contribution in [0.4, 0.5) is 0 Å². The van der Waals surface area contributed by atoms with E-state index in [2.05, 4.69) is 302 Å². The van der Waals surface area contributed by atoms with Crippen LogP contribution in [-0.4, -0.2) is 24.2 Å². The smallest absolute Gasteiger partial charge is 0.110 e. The first-order valence-electron chi connectivity index (χ1n) is 22.7. The average molecular weight is 889 g/mol. The van der Waals surface area contributed by atoms with E-state index in [4.69, 9.17) is 0 Å². The van der Waals surface area contributed by atoms with Crippen LogP contribution >= 0.6 is 0 Å². The lowest BCUT2D eigenvalue weighted by Crippen LogP contribution is -2.66. The third kappa shape index (κ3) is 7.60. The fraction of sp³-hybridized carbons (Fsp3) is 0.0159. The molecule has 0 fully saturated rings. The Morgan fingerprint density at radius 1 is 0.273 bits per heavy atom. The lowest BCUT2D eigenvalue weighted by molar-refractivity contribution is 1.58. The maximum atomic E-state index is 4.29. The Bertz CT molecular complexity index is 2860. The molecule has 0 atom stereocenters. The molecule has 1 heterocycles. The molecule has 3 heteroatoms. The van der Waals surface area contributed by atoms with Crippen molar-refractivity contribution in [3.8, 4) is 22.9 Å². The Labute approximate surface area is 393 Å². The van der Waals surface area contributed by atoms with Gasteiger partial charge < -0.3 is 0 Å². The molecule has 9 aromatic rings. The van der Waals surface area contributed by atoms with Gasteiger partial charge in [-0.3, -0.25) is 0 Å². The average Bonchev–Trinajstić information content (AvgIpc) is 3.67. The SMILES string of the molecule is C[Si]1(c2ccccc2)C(C#C[Si](c2ccccc2)(c2ccccc2)c2ccccc2)=C(c2ccccc2)C(c2ccccc2)=C1C#C[Si](c1ccccc1)(c1ccccc1)c1ccccc1. The zero-order valence-electron chi connectivity index (χ0n) is 37.0. The van der Waals surface area contributed by atoms with E-state index in [0.29, 0.717) is 0 Å². The van der Waals surface area contributed by atoms with Gasteiger partial charge in [-0.25, -0.2) is 0 Å². The summed E-state index contributed by atoms with van der Waals surface area (Å²) in [6, 6.07) is 99.4.